The van der Waals surface area contributed by atoms with Gasteiger partial charge in [0.2, 0.25) is 0 Å². The first-order valence-corrected chi connectivity index (χ1v) is 5.87. The topological polar surface area (TPSA) is 48.1 Å². The lowest BCUT2D eigenvalue weighted by atomic mass is 10.1. The number of nitrogens with two attached hydrogens (primary N) is 1. The number of hydrogen-bond donors (Lipinski definition) is 1. The van der Waals surface area contributed by atoms with Crippen molar-refractivity contribution < 1.29 is 17.9 Å². The number of nitrogens with zero attached hydrogens (tertiary/aromatic N) is 1. The van der Waals surface area contributed by atoms with E-state index in [1.165, 1.54) is 12.1 Å². The lowest BCUT2D eigenvalue weighted by molar-refractivity contribution is -0.153. The number of benzene rings is 1. The van der Waals surface area contributed by atoms with E-state index in [9.17, 15) is 13.2 Å². The molecule has 0 spiro atoms. The van der Waals surface area contributed by atoms with Gasteiger partial charge in [0.15, 0.2) is 6.61 Å². The van der Waals surface area contributed by atoms with Crippen LogP contribution in [0, 0.1) is 6.92 Å². The fourth-order valence-electron chi connectivity index (χ4n) is 1.69. The van der Waals surface area contributed by atoms with E-state index in [1.54, 1.807) is 12.3 Å². The second-order valence-corrected chi connectivity index (χ2v) is 4.34. The Morgan fingerprint density at radius 2 is 1.95 bits per heavy atom. The zero-order chi connectivity index (χ0) is 14.8. The summed E-state index contributed by atoms with van der Waals surface area (Å²) >= 11 is 0. The second-order valence-electron chi connectivity index (χ2n) is 4.34. The first kappa shape index (κ1) is 14.2. The van der Waals surface area contributed by atoms with Crippen LogP contribution in [0.4, 0.5) is 18.9 Å². The van der Waals surface area contributed by atoms with Crippen LogP contribution in [0.15, 0.2) is 36.5 Å². The molecule has 20 heavy (non-hydrogen) atoms. The van der Waals surface area contributed by atoms with E-state index in [1.807, 2.05) is 19.1 Å². The van der Waals surface area contributed by atoms with Gasteiger partial charge in [0.05, 0.1) is 0 Å². The van der Waals surface area contributed by atoms with Gasteiger partial charge in [-0.25, -0.2) is 0 Å². The third-order valence-electron chi connectivity index (χ3n) is 2.65. The van der Waals surface area contributed by atoms with Crippen LogP contribution in [-0.4, -0.2) is 17.8 Å². The van der Waals surface area contributed by atoms with Crippen molar-refractivity contribution in [3.63, 3.8) is 0 Å². The molecule has 3 nitrogen and oxygen atoms in total. The number of alkyl halides is 3. The van der Waals surface area contributed by atoms with Crippen LogP contribution in [0.3, 0.4) is 0 Å². The summed E-state index contributed by atoms with van der Waals surface area (Å²) in [6.45, 7) is 0.527. The number of aromatic nitrogens is 1. The summed E-state index contributed by atoms with van der Waals surface area (Å²) in [5, 5.41) is 0. The summed E-state index contributed by atoms with van der Waals surface area (Å²) in [5.74, 6) is 0.0867. The van der Waals surface area contributed by atoms with Gasteiger partial charge in [-0.15, -0.1) is 0 Å². The Kier molecular flexibility index (Phi) is 3.83. The van der Waals surface area contributed by atoms with Crippen LogP contribution in [0.2, 0.25) is 0 Å². The highest BCUT2D eigenvalue weighted by molar-refractivity contribution is 5.76. The number of anilines is 1. The molecule has 0 bridgehead atoms. The van der Waals surface area contributed by atoms with Gasteiger partial charge in [-0.2, -0.15) is 13.2 Å². The SMILES string of the molecule is Cc1ccc(-c2ccc(OCC(F)(F)F)cc2N)cn1. The molecule has 2 rings (SSSR count). The fraction of sp³-hybridized carbons (Fsp3) is 0.214. The number of rotatable bonds is 3. The monoisotopic (exact) mass is 282 g/mol. The van der Waals surface area contributed by atoms with Crippen molar-refractivity contribution in [1.29, 1.82) is 0 Å². The van der Waals surface area contributed by atoms with Gasteiger partial charge in [-0.1, -0.05) is 6.07 Å². The maximum atomic E-state index is 12.1. The summed E-state index contributed by atoms with van der Waals surface area (Å²) in [6.07, 6.45) is -2.70. The van der Waals surface area contributed by atoms with Crippen LogP contribution in [-0.2, 0) is 0 Å². The van der Waals surface area contributed by atoms with E-state index in [2.05, 4.69) is 9.72 Å². The van der Waals surface area contributed by atoms with Gasteiger partial charge in [-0.3, -0.25) is 4.98 Å². The summed E-state index contributed by atoms with van der Waals surface area (Å²) in [6, 6.07) is 8.14. The zero-order valence-electron chi connectivity index (χ0n) is 10.7. The minimum absolute atomic E-state index is 0.0867. The van der Waals surface area contributed by atoms with Gasteiger partial charge in [-0.05, 0) is 25.1 Å². The molecule has 1 aromatic carbocycles. The van der Waals surface area contributed by atoms with Crippen molar-refractivity contribution in [2.24, 2.45) is 0 Å². The van der Waals surface area contributed by atoms with Gasteiger partial charge >= 0.3 is 6.18 Å². The number of nitrogen functional groups attached to an aromatic ring is 1. The molecule has 1 aromatic heterocycles. The van der Waals surface area contributed by atoms with Gasteiger partial charge in [0, 0.05) is 34.8 Å². The highest BCUT2D eigenvalue weighted by Gasteiger charge is 2.28. The molecule has 0 aliphatic heterocycles. The van der Waals surface area contributed by atoms with E-state index in [0.29, 0.717) is 11.3 Å². The fourth-order valence-corrected chi connectivity index (χ4v) is 1.69. The van der Waals surface area contributed by atoms with E-state index >= 15 is 0 Å². The molecule has 106 valence electrons. The van der Waals surface area contributed by atoms with Crippen molar-refractivity contribution in [2.45, 2.75) is 13.1 Å². The number of halogens is 3. The first-order valence-electron chi connectivity index (χ1n) is 5.87. The molecular formula is C14H13F3N2O. The molecule has 0 saturated carbocycles. The Labute approximate surface area is 114 Å². The lowest BCUT2D eigenvalue weighted by Gasteiger charge is -2.11. The number of pyridine rings is 1. The van der Waals surface area contributed by atoms with Crippen molar-refractivity contribution in [2.75, 3.05) is 12.3 Å². The van der Waals surface area contributed by atoms with Crippen LogP contribution in [0.1, 0.15) is 5.69 Å². The second kappa shape index (κ2) is 5.40. The number of aryl methyl sites for hydroxylation is 1. The number of ether oxygens (including phenoxy) is 1. The minimum Gasteiger partial charge on any atom is -0.484 e. The maximum Gasteiger partial charge on any atom is 0.422 e. The van der Waals surface area contributed by atoms with E-state index < -0.39 is 12.8 Å². The third-order valence-corrected chi connectivity index (χ3v) is 2.65. The Morgan fingerprint density at radius 1 is 1.20 bits per heavy atom. The molecular weight excluding hydrogens is 269 g/mol. The zero-order valence-corrected chi connectivity index (χ0v) is 10.7. The van der Waals surface area contributed by atoms with Crippen LogP contribution in [0.25, 0.3) is 11.1 Å². The predicted molar refractivity (Wildman–Crippen MR) is 70.4 cm³/mol. The summed E-state index contributed by atoms with van der Waals surface area (Å²) < 4.78 is 40.8. The average molecular weight is 282 g/mol. The molecule has 0 atom stereocenters. The Balaban J connectivity index is 2.19. The third kappa shape index (κ3) is 3.63. The van der Waals surface area contributed by atoms with Crippen molar-refractivity contribution >= 4 is 5.69 Å². The molecule has 0 aliphatic carbocycles. The molecule has 2 aromatic rings. The molecule has 0 saturated heterocycles. The molecule has 2 N–H and O–H groups in total. The first-order chi connectivity index (χ1) is 9.35. The van der Waals surface area contributed by atoms with Gasteiger partial charge in [0.25, 0.3) is 0 Å². The van der Waals surface area contributed by atoms with E-state index in [4.69, 9.17) is 5.73 Å². The largest absolute Gasteiger partial charge is 0.484 e. The highest BCUT2D eigenvalue weighted by Crippen LogP contribution is 2.29. The lowest BCUT2D eigenvalue weighted by Crippen LogP contribution is -2.19. The van der Waals surface area contributed by atoms with Gasteiger partial charge < -0.3 is 10.5 Å². The van der Waals surface area contributed by atoms with Crippen molar-refractivity contribution in [1.82, 2.24) is 4.98 Å². The molecule has 6 heteroatoms. The quantitative estimate of drug-likeness (QED) is 0.875. The van der Waals surface area contributed by atoms with Crippen molar-refractivity contribution in [3.05, 3.63) is 42.2 Å². The molecule has 0 amide bonds. The molecule has 0 aliphatic rings. The summed E-state index contributed by atoms with van der Waals surface area (Å²) in [5.41, 5.74) is 8.56. The van der Waals surface area contributed by atoms with E-state index in [0.717, 1.165) is 11.3 Å². The molecule has 0 radical (unpaired) electrons. The maximum absolute atomic E-state index is 12.1. The Bertz CT molecular complexity index is 594. The Morgan fingerprint density at radius 3 is 2.50 bits per heavy atom. The average Bonchev–Trinajstić information content (AvgIpc) is 2.37. The van der Waals surface area contributed by atoms with Crippen LogP contribution < -0.4 is 10.5 Å². The molecule has 0 fully saturated rings. The summed E-state index contributed by atoms with van der Waals surface area (Å²) in [4.78, 5) is 4.15. The van der Waals surface area contributed by atoms with E-state index in [-0.39, 0.29) is 5.75 Å². The highest BCUT2D eigenvalue weighted by atomic mass is 19.4. The molecule has 1 heterocycles. The van der Waals surface area contributed by atoms with Crippen molar-refractivity contribution in [3.8, 4) is 16.9 Å². The van der Waals surface area contributed by atoms with Gasteiger partial charge in [0.1, 0.15) is 5.75 Å². The Hall–Kier alpha value is -2.24. The van der Waals surface area contributed by atoms with Crippen LogP contribution >= 0.6 is 0 Å². The molecule has 0 unspecified atom stereocenters. The normalized spacial score (nSPS) is 11.4. The van der Waals surface area contributed by atoms with Crippen LogP contribution in [0.5, 0.6) is 5.75 Å². The number of hydrogen-bond acceptors (Lipinski definition) is 3. The summed E-state index contributed by atoms with van der Waals surface area (Å²) in [7, 11) is 0. The standard InChI is InChI=1S/C14H13F3N2O/c1-9-2-3-10(7-19-9)12-5-4-11(6-13(12)18)20-8-14(15,16)17/h2-7H,8,18H2,1H3. The predicted octanol–water partition coefficient (Wildman–Crippen LogP) is 3.58. The minimum atomic E-state index is -4.37. The smallest absolute Gasteiger partial charge is 0.422 e.